The van der Waals surface area contributed by atoms with Crippen LogP contribution in [0.15, 0.2) is 79.4 Å². The quantitative estimate of drug-likeness (QED) is 0.497. The molecule has 1 aliphatic carbocycles. The number of ketones is 2. The molecule has 1 saturated heterocycles. The third-order valence-corrected chi connectivity index (χ3v) is 7.35. The van der Waals surface area contributed by atoms with Crippen molar-refractivity contribution in [2.24, 2.45) is 0 Å². The number of fused-ring (bicyclic) bond motifs is 1. The van der Waals surface area contributed by atoms with Crippen molar-refractivity contribution in [2.75, 3.05) is 26.2 Å². The van der Waals surface area contributed by atoms with E-state index < -0.39 is 5.54 Å². The van der Waals surface area contributed by atoms with Crippen LogP contribution in [0.25, 0.3) is 6.08 Å². The average molecular weight is 451 g/mol. The average Bonchev–Trinajstić information content (AvgIpc) is 3.12. The van der Waals surface area contributed by atoms with Crippen LogP contribution in [0.2, 0.25) is 0 Å². The molecule has 0 aromatic heterocycles. The summed E-state index contributed by atoms with van der Waals surface area (Å²) < 4.78 is 0. The molecule has 0 saturated carbocycles. The Kier molecular flexibility index (Phi) is 6.03. The van der Waals surface area contributed by atoms with Crippen molar-refractivity contribution in [3.05, 3.63) is 113 Å². The molecule has 1 aliphatic heterocycles. The Morgan fingerprint density at radius 1 is 0.824 bits per heavy atom. The Morgan fingerprint density at radius 2 is 1.44 bits per heavy atom. The van der Waals surface area contributed by atoms with Crippen LogP contribution in [0.5, 0.6) is 0 Å². The number of benzene rings is 3. The molecule has 4 nitrogen and oxygen atoms in total. The summed E-state index contributed by atoms with van der Waals surface area (Å²) in [5.74, 6) is -0.224. The lowest BCUT2D eigenvalue weighted by atomic mass is 9.81. The summed E-state index contributed by atoms with van der Waals surface area (Å²) in [6, 6.07) is 23.5. The van der Waals surface area contributed by atoms with E-state index >= 15 is 0 Å². The number of carbonyl (C=O) groups excluding carboxylic acids is 2. The van der Waals surface area contributed by atoms with Crippen molar-refractivity contribution in [1.29, 1.82) is 0 Å². The fourth-order valence-corrected chi connectivity index (χ4v) is 5.53. The van der Waals surface area contributed by atoms with Gasteiger partial charge in [-0.1, -0.05) is 86.3 Å². The molecule has 0 unspecified atom stereocenters. The summed E-state index contributed by atoms with van der Waals surface area (Å²) in [6.45, 7) is 9.87. The maximum absolute atomic E-state index is 14.0. The van der Waals surface area contributed by atoms with Crippen LogP contribution in [0, 0.1) is 0 Å². The van der Waals surface area contributed by atoms with Crippen molar-refractivity contribution in [1.82, 2.24) is 9.80 Å². The number of carbonyl (C=O) groups is 2. The molecule has 0 amide bonds. The molecule has 0 bridgehead atoms. The minimum absolute atomic E-state index is 0.112. The molecule has 4 heteroatoms. The number of hydrogen-bond acceptors (Lipinski definition) is 4. The Bertz CT molecular complexity index is 1220. The fourth-order valence-electron chi connectivity index (χ4n) is 5.53. The standard InChI is InChI=1S/C30H30N2O2/c1-3-22-10-9-13-25(20-22)30(28(33)26-14-7-8-15-27(26)29(30)34)32-18-16-31(17-19-32)21-24-12-6-5-11-23(24)4-2/h3,5-15,20H,1,4,16-19,21H2,2H3. The molecule has 3 aromatic carbocycles. The molecule has 172 valence electrons. The number of rotatable bonds is 6. The minimum atomic E-state index is -1.31. The lowest BCUT2D eigenvalue weighted by Gasteiger charge is -2.44. The van der Waals surface area contributed by atoms with Gasteiger partial charge in [0.25, 0.3) is 0 Å². The van der Waals surface area contributed by atoms with Crippen molar-refractivity contribution < 1.29 is 9.59 Å². The molecule has 0 N–H and O–H groups in total. The Morgan fingerprint density at radius 3 is 2.06 bits per heavy atom. The van der Waals surface area contributed by atoms with Crippen molar-refractivity contribution in [3.63, 3.8) is 0 Å². The van der Waals surface area contributed by atoms with Gasteiger partial charge in [-0.2, -0.15) is 0 Å². The van der Waals surface area contributed by atoms with Gasteiger partial charge in [0.15, 0.2) is 17.1 Å². The summed E-state index contributed by atoms with van der Waals surface area (Å²) in [4.78, 5) is 32.5. The predicted octanol–water partition coefficient (Wildman–Crippen LogP) is 4.98. The molecule has 0 atom stereocenters. The van der Waals surface area contributed by atoms with E-state index in [0.717, 1.165) is 37.2 Å². The number of aryl methyl sites for hydroxylation is 1. The van der Waals surface area contributed by atoms with E-state index in [1.54, 1.807) is 18.2 Å². The molecular formula is C30H30N2O2. The second-order valence-electron chi connectivity index (χ2n) is 9.13. The number of hydrogen-bond donors (Lipinski definition) is 0. The SMILES string of the molecule is C=Cc1cccc(C2(N3CCN(Cc4ccccc4CC)CC3)C(=O)c3ccccc3C2=O)c1. The van der Waals surface area contributed by atoms with E-state index in [0.29, 0.717) is 24.2 Å². The lowest BCUT2D eigenvalue weighted by molar-refractivity contribution is 0.0279. The molecule has 5 rings (SSSR count). The van der Waals surface area contributed by atoms with E-state index in [1.807, 2.05) is 36.4 Å². The predicted molar refractivity (Wildman–Crippen MR) is 136 cm³/mol. The van der Waals surface area contributed by atoms with Gasteiger partial charge in [0.05, 0.1) is 0 Å². The van der Waals surface area contributed by atoms with Crippen LogP contribution in [0.4, 0.5) is 0 Å². The molecule has 3 aromatic rings. The van der Waals surface area contributed by atoms with E-state index in [-0.39, 0.29) is 11.6 Å². The third-order valence-electron chi connectivity index (χ3n) is 7.35. The maximum atomic E-state index is 14.0. The highest BCUT2D eigenvalue weighted by atomic mass is 16.2. The number of piperazine rings is 1. The third kappa shape index (κ3) is 3.54. The van der Waals surface area contributed by atoms with Gasteiger partial charge < -0.3 is 0 Å². The lowest BCUT2D eigenvalue weighted by Crippen LogP contribution is -2.60. The van der Waals surface area contributed by atoms with Crippen LogP contribution < -0.4 is 0 Å². The van der Waals surface area contributed by atoms with Crippen LogP contribution >= 0.6 is 0 Å². The zero-order chi connectivity index (χ0) is 23.7. The van der Waals surface area contributed by atoms with Gasteiger partial charge in [-0.05, 0) is 34.7 Å². The van der Waals surface area contributed by atoms with Gasteiger partial charge in [-0.25, -0.2) is 0 Å². The van der Waals surface area contributed by atoms with E-state index in [4.69, 9.17) is 0 Å². The largest absolute Gasteiger partial charge is 0.297 e. The van der Waals surface area contributed by atoms with Gasteiger partial charge in [-0.3, -0.25) is 19.4 Å². The van der Waals surface area contributed by atoms with Crippen LogP contribution in [0.1, 0.15) is 49.9 Å². The molecule has 2 aliphatic rings. The summed E-state index contributed by atoms with van der Waals surface area (Å²) in [7, 11) is 0. The topological polar surface area (TPSA) is 40.6 Å². The number of Topliss-reactive ketones (excluding diaryl/α,β-unsaturated/α-hetero) is 2. The first-order valence-corrected chi connectivity index (χ1v) is 12.1. The highest BCUT2D eigenvalue weighted by molar-refractivity contribution is 6.32. The molecule has 34 heavy (non-hydrogen) atoms. The zero-order valence-electron chi connectivity index (χ0n) is 19.7. The van der Waals surface area contributed by atoms with Gasteiger partial charge in [0.1, 0.15) is 0 Å². The summed E-state index contributed by atoms with van der Waals surface area (Å²) >= 11 is 0. The molecule has 1 fully saturated rings. The highest BCUT2D eigenvalue weighted by Gasteiger charge is 2.58. The normalized spacial score (nSPS) is 18.1. The smallest absolute Gasteiger partial charge is 0.196 e. The van der Waals surface area contributed by atoms with Gasteiger partial charge in [0.2, 0.25) is 0 Å². The van der Waals surface area contributed by atoms with Crippen molar-refractivity contribution in [3.8, 4) is 0 Å². The molecule has 0 radical (unpaired) electrons. The molecular weight excluding hydrogens is 420 g/mol. The van der Waals surface area contributed by atoms with Crippen molar-refractivity contribution in [2.45, 2.75) is 25.4 Å². The second-order valence-corrected chi connectivity index (χ2v) is 9.13. The highest BCUT2D eigenvalue weighted by Crippen LogP contribution is 2.43. The van der Waals surface area contributed by atoms with Gasteiger partial charge in [-0.15, -0.1) is 0 Å². The van der Waals surface area contributed by atoms with Crippen molar-refractivity contribution >= 4 is 17.6 Å². The summed E-state index contributed by atoms with van der Waals surface area (Å²) in [5.41, 5.74) is 4.11. The maximum Gasteiger partial charge on any atom is 0.196 e. The van der Waals surface area contributed by atoms with E-state index in [1.165, 1.54) is 11.1 Å². The fraction of sp³-hybridized carbons (Fsp3) is 0.267. The first-order valence-electron chi connectivity index (χ1n) is 12.1. The Labute approximate surface area is 201 Å². The van der Waals surface area contributed by atoms with Crippen LogP contribution in [-0.4, -0.2) is 47.5 Å². The Balaban J connectivity index is 1.48. The first-order chi connectivity index (χ1) is 16.6. The summed E-state index contributed by atoms with van der Waals surface area (Å²) in [6.07, 6.45) is 2.78. The molecule has 1 heterocycles. The van der Waals surface area contributed by atoms with E-state index in [9.17, 15) is 9.59 Å². The van der Waals surface area contributed by atoms with Gasteiger partial charge >= 0.3 is 0 Å². The Hall–Kier alpha value is -3.34. The van der Waals surface area contributed by atoms with E-state index in [2.05, 4.69) is 47.6 Å². The van der Waals surface area contributed by atoms with Crippen LogP contribution in [0.3, 0.4) is 0 Å². The number of nitrogens with zero attached hydrogens (tertiary/aromatic N) is 2. The molecule has 0 spiro atoms. The van der Waals surface area contributed by atoms with Gasteiger partial charge in [0, 0.05) is 43.9 Å². The minimum Gasteiger partial charge on any atom is -0.297 e. The monoisotopic (exact) mass is 450 g/mol. The first kappa shape index (κ1) is 22.5. The second kappa shape index (κ2) is 9.13. The van der Waals surface area contributed by atoms with Crippen LogP contribution in [-0.2, 0) is 18.5 Å². The summed E-state index contributed by atoms with van der Waals surface area (Å²) in [5, 5.41) is 0. The zero-order valence-corrected chi connectivity index (χ0v) is 19.7.